The minimum absolute atomic E-state index is 0.146. The zero-order chi connectivity index (χ0) is 22.0. The molecule has 166 valence electrons. The largest absolute Gasteiger partial charge is 0.322 e. The summed E-state index contributed by atoms with van der Waals surface area (Å²) in [5.74, 6) is -0.792. The molecule has 0 saturated carbocycles. The second-order valence-corrected chi connectivity index (χ2v) is 10.2. The van der Waals surface area contributed by atoms with E-state index in [4.69, 9.17) is 0 Å². The van der Waals surface area contributed by atoms with Crippen LogP contribution in [0.4, 0.5) is 10.1 Å². The van der Waals surface area contributed by atoms with Crippen molar-refractivity contribution < 1.29 is 17.6 Å². The smallest absolute Gasteiger partial charge is 0.243 e. The highest BCUT2D eigenvalue weighted by Gasteiger charge is 2.32. The number of halogens is 1. The van der Waals surface area contributed by atoms with Crippen LogP contribution in [-0.4, -0.2) is 55.8 Å². The zero-order valence-electron chi connectivity index (χ0n) is 17.7. The average molecular weight is 446 g/mol. The summed E-state index contributed by atoms with van der Waals surface area (Å²) in [4.78, 5) is 14.8. The Balaban J connectivity index is 1.38. The van der Waals surface area contributed by atoms with Gasteiger partial charge in [-0.05, 0) is 68.0 Å². The first kappa shape index (κ1) is 21.9. The van der Waals surface area contributed by atoms with E-state index in [1.54, 1.807) is 25.1 Å². The Morgan fingerprint density at radius 3 is 2.39 bits per heavy atom. The van der Waals surface area contributed by atoms with Crippen LogP contribution in [0.1, 0.15) is 30.9 Å². The van der Waals surface area contributed by atoms with E-state index in [2.05, 4.69) is 5.32 Å². The number of carbonyl (C=O) groups excluding carboxylic acids is 1. The van der Waals surface area contributed by atoms with E-state index in [0.29, 0.717) is 31.1 Å². The van der Waals surface area contributed by atoms with Gasteiger partial charge in [-0.1, -0.05) is 18.2 Å². The van der Waals surface area contributed by atoms with E-state index in [0.717, 1.165) is 31.2 Å². The summed E-state index contributed by atoms with van der Waals surface area (Å²) < 4.78 is 41.6. The fourth-order valence-corrected chi connectivity index (χ4v) is 5.79. The van der Waals surface area contributed by atoms with Gasteiger partial charge in [-0.25, -0.2) is 12.8 Å². The van der Waals surface area contributed by atoms with Crippen LogP contribution in [0.2, 0.25) is 0 Å². The Bertz CT molecular complexity index is 1070. The highest BCUT2D eigenvalue weighted by atomic mass is 32.2. The van der Waals surface area contributed by atoms with E-state index in [-0.39, 0.29) is 11.6 Å². The van der Waals surface area contributed by atoms with E-state index in [1.807, 2.05) is 17.0 Å². The van der Waals surface area contributed by atoms with Crippen LogP contribution < -0.4 is 5.32 Å². The number of para-hydroxylation sites is 1. The molecule has 0 bridgehead atoms. The third-order valence-electron chi connectivity index (χ3n) is 6.29. The highest BCUT2D eigenvalue weighted by Crippen LogP contribution is 2.26. The fraction of sp³-hybridized carbons (Fsp3) is 0.435. The highest BCUT2D eigenvalue weighted by molar-refractivity contribution is 7.89. The van der Waals surface area contributed by atoms with E-state index < -0.39 is 21.9 Å². The SMILES string of the molecule is CC(C(=O)Nc1ccccc1F)N1CCN(S(=O)(=O)c2ccc3c(c2)CCCC3)CC1. The summed E-state index contributed by atoms with van der Waals surface area (Å²) in [6.45, 7) is 3.27. The van der Waals surface area contributed by atoms with Crippen molar-refractivity contribution in [1.29, 1.82) is 0 Å². The number of rotatable bonds is 5. The van der Waals surface area contributed by atoms with Gasteiger partial charge in [0.15, 0.2) is 0 Å². The molecular weight excluding hydrogens is 417 g/mol. The number of hydrogen-bond acceptors (Lipinski definition) is 4. The van der Waals surface area contributed by atoms with Gasteiger partial charge < -0.3 is 5.32 Å². The standard InChI is InChI=1S/C23H28FN3O3S/c1-17(23(28)25-22-9-5-4-8-21(22)24)26-12-14-27(15-13-26)31(29,30)20-11-10-18-6-2-3-7-19(18)16-20/h4-5,8-11,16-17H,2-3,6-7,12-15H2,1H3,(H,25,28). The molecule has 1 aliphatic carbocycles. The Morgan fingerprint density at radius 1 is 1.00 bits per heavy atom. The molecule has 2 aliphatic rings. The van der Waals surface area contributed by atoms with Gasteiger partial charge in [-0.15, -0.1) is 0 Å². The van der Waals surface area contributed by atoms with Gasteiger partial charge in [0.2, 0.25) is 15.9 Å². The van der Waals surface area contributed by atoms with Gasteiger partial charge in [0.25, 0.3) is 0 Å². The molecule has 1 N–H and O–H groups in total. The van der Waals surface area contributed by atoms with Gasteiger partial charge in [-0.3, -0.25) is 9.69 Å². The summed E-state index contributed by atoms with van der Waals surface area (Å²) in [5.41, 5.74) is 2.54. The van der Waals surface area contributed by atoms with Gasteiger partial charge in [0.1, 0.15) is 5.82 Å². The number of fused-ring (bicyclic) bond motifs is 1. The molecule has 1 atom stereocenters. The number of anilines is 1. The first-order chi connectivity index (χ1) is 14.9. The Morgan fingerprint density at radius 2 is 1.68 bits per heavy atom. The molecule has 0 spiro atoms. The van der Waals surface area contributed by atoms with Gasteiger partial charge in [-0.2, -0.15) is 4.31 Å². The predicted molar refractivity (Wildman–Crippen MR) is 118 cm³/mol. The first-order valence-corrected chi connectivity index (χ1v) is 12.2. The summed E-state index contributed by atoms with van der Waals surface area (Å²) in [6, 6.07) is 11.1. The Kier molecular flexibility index (Phi) is 6.41. The Labute approximate surface area is 183 Å². The maximum absolute atomic E-state index is 13.8. The van der Waals surface area contributed by atoms with Crippen molar-refractivity contribution in [3.63, 3.8) is 0 Å². The molecule has 31 heavy (non-hydrogen) atoms. The molecule has 1 fully saturated rings. The second kappa shape index (κ2) is 9.06. The summed E-state index contributed by atoms with van der Waals surface area (Å²) in [5, 5.41) is 2.62. The lowest BCUT2D eigenvalue weighted by Gasteiger charge is -2.36. The molecule has 1 saturated heterocycles. The number of sulfonamides is 1. The molecule has 1 heterocycles. The van der Waals surface area contributed by atoms with Crippen molar-refractivity contribution in [2.45, 2.75) is 43.5 Å². The number of hydrogen-bond donors (Lipinski definition) is 1. The molecule has 0 radical (unpaired) electrons. The van der Waals surface area contributed by atoms with Crippen LogP contribution in [0.25, 0.3) is 0 Å². The summed E-state index contributed by atoms with van der Waals surface area (Å²) >= 11 is 0. The monoisotopic (exact) mass is 445 g/mol. The van der Waals surface area contributed by atoms with E-state index >= 15 is 0 Å². The van der Waals surface area contributed by atoms with Gasteiger partial charge in [0.05, 0.1) is 16.6 Å². The van der Waals surface area contributed by atoms with Crippen molar-refractivity contribution in [1.82, 2.24) is 9.21 Å². The molecule has 0 aromatic heterocycles. The van der Waals surface area contributed by atoms with Gasteiger partial charge >= 0.3 is 0 Å². The number of amides is 1. The number of piperazine rings is 1. The van der Waals surface area contributed by atoms with Crippen molar-refractivity contribution >= 4 is 21.6 Å². The average Bonchev–Trinajstić information content (AvgIpc) is 2.79. The molecule has 1 unspecified atom stereocenters. The summed E-state index contributed by atoms with van der Waals surface area (Å²) in [7, 11) is -3.56. The lowest BCUT2D eigenvalue weighted by atomic mass is 9.92. The van der Waals surface area contributed by atoms with E-state index in [1.165, 1.54) is 22.0 Å². The number of benzene rings is 2. The third-order valence-corrected chi connectivity index (χ3v) is 8.18. The van der Waals surface area contributed by atoms with Crippen molar-refractivity contribution in [2.24, 2.45) is 0 Å². The van der Waals surface area contributed by atoms with Crippen LogP contribution in [0, 0.1) is 5.82 Å². The minimum atomic E-state index is -3.56. The van der Waals surface area contributed by atoms with Crippen molar-refractivity contribution in [2.75, 3.05) is 31.5 Å². The molecule has 4 rings (SSSR count). The van der Waals surface area contributed by atoms with Gasteiger partial charge in [0, 0.05) is 26.2 Å². The Hall–Kier alpha value is -2.29. The maximum Gasteiger partial charge on any atom is 0.243 e. The van der Waals surface area contributed by atoms with Crippen molar-refractivity contribution in [3.05, 3.63) is 59.4 Å². The maximum atomic E-state index is 13.8. The lowest BCUT2D eigenvalue weighted by molar-refractivity contribution is -0.121. The minimum Gasteiger partial charge on any atom is -0.322 e. The fourth-order valence-electron chi connectivity index (χ4n) is 4.32. The van der Waals surface area contributed by atoms with Crippen LogP contribution in [0.5, 0.6) is 0 Å². The first-order valence-electron chi connectivity index (χ1n) is 10.8. The number of aryl methyl sites for hydroxylation is 2. The topological polar surface area (TPSA) is 69.7 Å². The number of nitrogens with one attached hydrogen (secondary N) is 1. The molecule has 6 nitrogen and oxygen atoms in total. The molecule has 8 heteroatoms. The normalized spacial score (nSPS) is 18.9. The number of carbonyl (C=O) groups is 1. The molecule has 2 aromatic carbocycles. The van der Waals surface area contributed by atoms with Crippen molar-refractivity contribution in [3.8, 4) is 0 Å². The van der Waals surface area contributed by atoms with Crippen LogP contribution in [0.15, 0.2) is 47.4 Å². The zero-order valence-corrected chi connectivity index (χ0v) is 18.5. The molecular formula is C23H28FN3O3S. The van der Waals surface area contributed by atoms with Crippen LogP contribution >= 0.6 is 0 Å². The number of nitrogens with zero attached hydrogens (tertiary/aromatic N) is 2. The second-order valence-electron chi connectivity index (χ2n) is 8.22. The summed E-state index contributed by atoms with van der Waals surface area (Å²) in [6.07, 6.45) is 4.20. The third kappa shape index (κ3) is 4.66. The lowest BCUT2D eigenvalue weighted by Crippen LogP contribution is -2.53. The molecule has 1 amide bonds. The molecule has 1 aliphatic heterocycles. The van der Waals surface area contributed by atoms with Crippen LogP contribution in [-0.2, 0) is 27.7 Å². The quantitative estimate of drug-likeness (QED) is 0.768. The van der Waals surface area contributed by atoms with Crippen LogP contribution in [0.3, 0.4) is 0 Å². The van der Waals surface area contributed by atoms with E-state index in [9.17, 15) is 17.6 Å². The predicted octanol–water partition coefficient (Wildman–Crippen LogP) is 3.04. The molecule has 2 aromatic rings.